The van der Waals surface area contributed by atoms with Crippen LogP contribution in [0.2, 0.25) is 0 Å². The number of carbonyl (C=O) groups is 1. The van der Waals surface area contributed by atoms with Crippen LogP contribution in [0.15, 0.2) is 24.3 Å². The van der Waals surface area contributed by atoms with Crippen molar-refractivity contribution in [3.8, 4) is 0 Å². The molecule has 30 heavy (non-hydrogen) atoms. The van der Waals surface area contributed by atoms with Crippen molar-refractivity contribution in [2.24, 2.45) is 17.8 Å². The molecule has 1 N–H and O–H groups in total. The number of aromatic nitrogens is 1. The van der Waals surface area contributed by atoms with Gasteiger partial charge < -0.3 is 5.32 Å². The lowest BCUT2D eigenvalue weighted by Gasteiger charge is -2.57. The van der Waals surface area contributed by atoms with Crippen LogP contribution in [0.25, 0.3) is 10.2 Å². The number of piperidine rings is 1. The van der Waals surface area contributed by atoms with Gasteiger partial charge in [-0.1, -0.05) is 12.1 Å². The first kappa shape index (κ1) is 19.2. The SMILES string of the molecule is C[C@@H](C(=O)NC12CC3CC(CC(C3)C1)C2)N1CCC(c2nc3ccccc3s2)CC1. The van der Waals surface area contributed by atoms with Crippen molar-refractivity contribution in [2.75, 3.05) is 13.1 Å². The topological polar surface area (TPSA) is 45.2 Å². The maximum atomic E-state index is 13.2. The molecule has 4 saturated carbocycles. The van der Waals surface area contributed by atoms with E-state index < -0.39 is 0 Å². The quantitative estimate of drug-likeness (QED) is 0.757. The summed E-state index contributed by atoms with van der Waals surface area (Å²) in [4.78, 5) is 20.5. The summed E-state index contributed by atoms with van der Waals surface area (Å²) in [7, 11) is 0. The van der Waals surface area contributed by atoms with Gasteiger partial charge in [0.15, 0.2) is 0 Å². The Labute approximate surface area is 183 Å². The van der Waals surface area contributed by atoms with Crippen LogP contribution in [0, 0.1) is 17.8 Å². The Bertz CT molecular complexity index is 876. The Kier molecular flexibility index (Phi) is 4.68. The van der Waals surface area contributed by atoms with Crippen molar-refractivity contribution >= 4 is 27.5 Å². The number of nitrogens with zero attached hydrogens (tertiary/aromatic N) is 2. The van der Waals surface area contributed by atoms with Gasteiger partial charge in [-0.2, -0.15) is 0 Å². The highest BCUT2D eigenvalue weighted by molar-refractivity contribution is 7.18. The predicted molar refractivity (Wildman–Crippen MR) is 122 cm³/mol. The molecule has 4 aliphatic carbocycles. The molecule has 4 bridgehead atoms. The zero-order chi connectivity index (χ0) is 20.3. The number of amides is 1. The van der Waals surface area contributed by atoms with Crippen LogP contribution in [-0.4, -0.2) is 40.5 Å². The Balaban J connectivity index is 1.08. The third kappa shape index (κ3) is 3.38. The summed E-state index contributed by atoms with van der Waals surface area (Å²) in [5, 5.41) is 4.87. The highest BCUT2D eigenvalue weighted by Gasteiger charge is 2.51. The fourth-order valence-electron chi connectivity index (χ4n) is 7.39. The maximum absolute atomic E-state index is 13.2. The van der Waals surface area contributed by atoms with Gasteiger partial charge in [-0.3, -0.25) is 9.69 Å². The van der Waals surface area contributed by atoms with Crippen molar-refractivity contribution in [3.63, 3.8) is 0 Å². The number of nitrogens with one attached hydrogen (secondary N) is 1. The molecule has 7 rings (SSSR count). The van der Waals surface area contributed by atoms with E-state index in [0.717, 1.165) is 49.2 Å². The summed E-state index contributed by atoms with van der Waals surface area (Å²) in [6.45, 7) is 4.11. The zero-order valence-corrected chi connectivity index (χ0v) is 18.8. The number of rotatable bonds is 4. The first-order chi connectivity index (χ1) is 14.6. The van der Waals surface area contributed by atoms with Gasteiger partial charge in [-0.15, -0.1) is 11.3 Å². The number of fused-ring (bicyclic) bond motifs is 1. The third-order valence-electron chi connectivity index (χ3n) is 8.54. The van der Waals surface area contributed by atoms with Gasteiger partial charge in [0, 0.05) is 11.5 Å². The van der Waals surface area contributed by atoms with Gasteiger partial charge >= 0.3 is 0 Å². The maximum Gasteiger partial charge on any atom is 0.237 e. The van der Waals surface area contributed by atoms with Crippen molar-refractivity contribution in [3.05, 3.63) is 29.3 Å². The Morgan fingerprint density at radius 1 is 1.10 bits per heavy atom. The minimum atomic E-state index is -0.0191. The molecule has 5 fully saturated rings. The van der Waals surface area contributed by atoms with E-state index in [0.29, 0.717) is 5.92 Å². The van der Waals surface area contributed by atoms with E-state index in [1.807, 2.05) is 11.3 Å². The second kappa shape index (κ2) is 7.30. The molecule has 5 aliphatic rings. The molecule has 160 valence electrons. The number of para-hydroxylation sites is 1. The smallest absolute Gasteiger partial charge is 0.237 e. The molecule has 1 atom stereocenters. The summed E-state index contributed by atoms with van der Waals surface area (Å²) >= 11 is 1.85. The average Bonchev–Trinajstić information content (AvgIpc) is 3.16. The lowest BCUT2D eigenvalue weighted by Crippen LogP contribution is -2.62. The highest BCUT2D eigenvalue weighted by atomic mass is 32.1. The lowest BCUT2D eigenvalue weighted by atomic mass is 9.53. The molecule has 1 aromatic heterocycles. The minimum Gasteiger partial charge on any atom is -0.349 e. The summed E-state index contributed by atoms with van der Waals surface area (Å²) < 4.78 is 1.29. The Morgan fingerprint density at radius 3 is 2.37 bits per heavy atom. The standard InChI is InChI=1S/C25H33N3OS/c1-16(23(29)27-25-13-17-10-18(14-25)12-19(11-17)15-25)28-8-6-20(7-9-28)24-26-21-4-2-3-5-22(21)30-24/h2-5,16-20H,6-15H2,1H3,(H,27,29)/t16-,17?,18?,19?,25?/m0/s1. The number of thiazole rings is 1. The van der Waals surface area contributed by atoms with Gasteiger partial charge in [0.2, 0.25) is 5.91 Å². The third-order valence-corrected chi connectivity index (χ3v) is 9.74. The molecule has 1 aromatic carbocycles. The van der Waals surface area contributed by atoms with Crippen LogP contribution in [-0.2, 0) is 4.79 Å². The van der Waals surface area contributed by atoms with Crippen LogP contribution in [0.1, 0.15) is 69.2 Å². The predicted octanol–water partition coefficient (Wildman–Crippen LogP) is 4.95. The van der Waals surface area contributed by atoms with Gasteiger partial charge in [-0.25, -0.2) is 4.98 Å². The molecule has 0 spiro atoms. The molecule has 0 radical (unpaired) electrons. The van der Waals surface area contributed by atoms with Gasteiger partial charge in [0.25, 0.3) is 0 Å². The van der Waals surface area contributed by atoms with E-state index in [1.165, 1.54) is 48.2 Å². The second-order valence-electron chi connectivity index (χ2n) is 10.7. The number of likely N-dealkylation sites (tertiary alicyclic amines) is 1. The summed E-state index contributed by atoms with van der Waals surface area (Å²) in [6, 6.07) is 8.42. The van der Waals surface area contributed by atoms with Crippen LogP contribution in [0.3, 0.4) is 0 Å². The molecule has 1 saturated heterocycles. The van der Waals surface area contributed by atoms with Crippen molar-refractivity contribution in [2.45, 2.75) is 75.8 Å². The zero-order valence-electron chi connectivity index (χ0n) is 18.0. The Morgan fingerprint density at radius 2 is 1.73 bits per heavy atom. The first-order valence-electron chi connectivity index (χ1n) is 12.0. The van der Waals surface area contributed by atoms with E-state index >= 15 is 0 Å². The van der Waals surface area contributed by atoms with Crippen molar-refractivity contribution in [1.29, 1.82) is 0 Å². The normalized spacial score (nSPS) is 35.0. The highest BCUT2D eigenvalue weighted by Crippen LogP contribution is 2.55. The van der Waals surface area contributed by atoms with Gasteiger partial charge in [0.05, 0.1) is 21.3 Å². The number of benzene rings is 1. The van der Waals surface area contributed by atoms with Crippen LogP contribution >= 0.6 is 11.3 Å². The van der Waals surface area contributed by atoms with Crippen LogP contribution < -0.4 is 5.32 Å². The molecular weight excluding hydrogens is 390 g/mol. The van der Waals surface area contributed by atoms with E-state index in [1.54, 1.807) is 0 Å². The van der Waals surface area contributed by atoms with Gasteiger partial charge in [-0.05, 0) is 101 Å². The molecule has 5 heteroatoms. The molecule has 4 nitrogen and oxygen atoms in total. The van der Waals surface area contributed by atoms with Gasteiger partial charge in [0.1, 0.15) is 0 Å². The molecule has 2 heterocycles. The number of carbonyl (C=O) groups excluding carboxylic acids is 1. The largest absolute Gasteiger partial charge is 0.349 e. The molecule has 1 aliphatic heterocycles. The van der Waals surface area contributed by atoms with Crippen molar-refractivity contribution < 1.29 is 4.79 Å². The monoisotopic (exact) mass is 423 g/mol. The fraction of sp³-hybridized carbons (Fsp3) is 0.680. The minimum absolute atomic E-state index is 0.0191. The summed E-state index contributed by atoms with van der Waals surface area (Å²) in [5.41, 5.74) is 1.25. The molecule has 0 unspecified atom stereocenters. The van der Waals surface area contributed by atoms with E-state index in [9.17, 15) is 4.79 Å². The van der Waals surface area contributed by atoms with E-state index in [2.05, 4.69) is 41.4 Å². The van der Waals surface area contributed by atoms with Crippen molar-refractivity contribution in [1.82, 2.24) is 15.2 Å². The first-order valence-corrected chi connectivity index (χ1v) is 12.8. The summed E-state index contributed by atoms with van der Waals surface area (Å²) in [5.74, 6) is 3.43. The second-order valence-corrected chi connectivity index (χ2v) is 11.8. The molecular formula is C25H33N3OS. The number of hydrogen-bond donors (Lipinski definition) is 1. The summed E-state index contributed by atoms with van der Waals surface area (Å²) in [6.07, 6.45) is 10.2. The molecule has 2 aromatic rings. The fourth-order valence-corrected chi connectivity index (χ4v) is 8.53. The van der Waals surface area contributed by atoms with E-state index in [-0.39, 0.29) is 17.5 Å². The lowest BCUT2D eigenvalue weighted by molar-refractivity contribution is -0.132. The number of hydrogen-bond acceptors (Lipinski definition) is 4. The van der Waals surface area contributed by atoms with Crippen LogP contribution in [0.5, 0.6) is 0 Å². The molecule has 1 amide bonds. The van der Waals surface area contributed by atoms with E-state index in [4.69, 9.17) is 4.98 Å². The van der Waals surface area contributed by atoms with Crippen LogP contribution in [0.4, 0.5) is 0 Å². The average molecular weight is 424 g/mol. The Hall–Kier alpha value is -1.46.